The van der Waals surface area contributed by atoms with Gasteiger partial charge in [-0.1, -0.05) is 13.8 Å². The molecule has 0 fully saturated rings. The quantitative estimate of drug-likeness (QED) is 0.875. The lowest BCUT2D eigenvalue weighted by Gasteiger charge is -2.19. The molecule has 0 aliphatic rings. The summed E-state index contributed by atoms with van der Waals surface area (Å²) < 4.78 is 3.17. The summed E-state index contributed by atoms with van der Waals surface area (Å²) in [6, 6.07) is 0. The van der Waals surface area contributed by atoms with Crippen molar-refractivity contribution in [2.75, 3.05) is 13.6 Å². The van der Waals surface area contributed by atoms with Crippen molar-refractivity contribution in [1.29, 1.82) is 0 Å². The Labute approximate surface area is 113 Å². The van der Waals surface area contributed by atoms with Gasteiger partial charge < -0.3 is 5.32 Å². The third-order valence-corrected chi connectivity index (χ3v) is 4.07. The van der Waals surface area contributed by atoms with Gasteiger partial charge in [-0.15, -0.1) is 0 Å². The first-order valence-electron chi connectivity index (χ1n) is 6.28. The van der Waals surface area contributed by atoms with Crippen LogP contribution in [0.1, 0.15) is 31.7 Å². The third-order valence-electron chi connectivity index (χ3n) is 3.04. The van der Waals surface area contributed by atoms with Crippen molar-refractivity contribution in [2.24, 2.45) is 18.9 Å². The fourth-order valence-corrected chi connectivity index (χ4v) is 2.87. The Hall–Kier alpha value is -0.350. The van der Waals surface area contributed by atoms with Crippen molar-refractivity contribution in [3.8, 4) is 0 Å². The van der Waals surface area contributed by atoms with E-state index in [0.29, 0.717) is 5.92 Å². The van der Waals surface area contributed by atoms with Crippen LogP contribution in [-0.2, 0) is 13.5 Å². The molecule has 98 valence electrons. The number of rotatable bonds is 6. The molecule has 0 amide bonds. The Balaban J connectivity index is 2.78. The second kappa shape index (κ2) is 6.55. The predicted octanol–water partition coefficient (Wildman–Crippen LogP) is 2.92. The Morgan fingerprint density at radius 1 is 1.41 bits per heavy atom. The van der Waals surface area contributed by atoms with E-state index in [1.54, 1.807) is 0 Å². The highest BCUT2D eigenvalue weighted by Crippen LogP contribution is 2.25. The van der Waals surface area contributed by atoms with Crippen LogP contribution in [0.5, 0.6) is 0 Å². The molecule has 0 aromatic carbocycles. The van der Waals surface area contributed by atoms with Gasteiger partial charge in [-0.05, 0) is 61.1 Å². The summed E-state index contributed by atoms with van der Waals surface area (Å²) in [6.07, 6.45) is 2.33. The molecule has 0 saturated heterocycles. The smallest absolute Gasteiger partial charge is 0.0738 e. The van der Waals surface area contributed by atoms with Gasteiger partial charge in [-0.2, -0.15) is 5.10 Å². The third kappa shape index (κ3) is 4.11. The van der Waals surface area contributed by atoms with Crippen LogP contribution in [0.15, 0.2) is 4.47 Å². The number of aromatic nitrogens is 2. The van der Waals surface area contributed by atoms with Gasteiger partial charge in [0.05, 0.1) is 15.9 Å². The minimum atomic E-state index is 0.672. The molecule has 1 heterocycles. The Bertz CT molecular complexity index is 358. The molecule has 0 radical (unpaired) electrons. The number of hydrogen-bond acceptors (Lipinski definition) is 2. The average molecular weight is 302 g/mol. The maximum Gasteiger partial charge on any atom is 0.0738 e. The molecule has 0 saturated carbocycles. The molecule has 0 aliphatic carbocycles. The van der Waals surface area contributed by atoms with Gasteiger partial charge in [-0.25, -0.2) is 0 Å². The zero-order valence-electron chi connectivity index (χ0n) is 11.5. The molecule has 1 atom stereocenters. The van der Waals surface area contributed by atoms with E-state index in [2.05, 4.69) is 40.2 Å². The summed E-state index contributed by atoms with van der Waals surface area (Å²) in [5.74, 6) is 1.41. The maximum atomic E-state index is 4.45. The number of nitrogens with one attached hydrogen (secondary N) is 1. The zero-order chi connectivity index (χ0) is 13.0. The Morgan fingerprint density at radius 3 is 2.47 bits per heavy atom. The van der Waals surface area contributed by atoms with E-state index in [-0.39, 0.29) is 0 Å². The highest BCUT2D eigenvalue weighted by Gasteiger charge is 2.17. The molecular weight excluding hydrogens is 278 g/mol. The van der Waals surface area contributed by atoms with E-state index < -0.39 is 0 Å². The fourth-order valence-electron chi connectivity index (χ4n) is 2.37. The SMILES string of the molecule is CNCC(Cc1c(Br)c(C)nn1C)CC(C)C. The molecule has 0 aliphatic heterocycles. The highest BCUT2D eigenvalue weighted by molar-refractivity contribution is 9.10. The summed E-state index contributed by atoms with van der Waals surface area (Å²) in [4.78, 5) is 0. The van der Waals surface area contributed by atoms with Crippen molar-refractivity contribution < 1.29 is 0 Å². The number of halogens is 1. The maximum absolute atomic E-state index is 4.45. The molecule has 4 heteroatoms. The average Bonchev–Trinajstić information content (AvgIpc) is 2.44. The number of nitrogens with zero attached hydrogens (tertiary/aromatic N) is 2. The van der Waals surface area contributed by atoms with Gasteiger partial charge in [0.25, 0.3) is 0 Å². The fraction of sp³-hybridized carbons (Fsp3) is 0.769. The van der Waals surface area contributed by atoms with Gasteiger partial charge in [-0.3, -0.25) is 4.68 Å². The van der Waals surface area contributed by atoms with Crippen LogP contribution in [0.25, 0.3) is 0 Å². The van der Waals surface area contributed by atoms with Gasteiger partial charge in [0.15, 0.2) is 0 Å². The van der Waals surface area contributed by atoms with Crippen molar-refractivity contribution in [1.82, 2.24) is 15.1 Å². The molecule has 1 aromatic heterocycles. The van der Waals surface area contributed by atoms with Crippen LogP contribution < -0.4 is 5.32 Å². The molecule has 1 N–H and O–H groups in total. The van der Waals surface area contributed by atoms with Crippen molar-refractivity contribution in [3.63, 3.8) is 0 Å². The van der Waals surface area contributed by atoms with E-state index in [1.165, 1.54) is 16.6 Å². The van der Waals surface area contributed by atoms with Crippen molar-refractivity contribution >= 4 is 15.9 Å². The van der Waals surface area contributed by atoms with Gasteiger partial charge in [0.2, 0.25) is 0 Å². The van der Waals surface area contributed by atoms with Crippen LogP contribution >= 0.6 is 15.9 Å². The predicted molar refractivity (Wildman–Crippen MR) is 76.2 cm³/mol. The Morgan fingerprint density at radius 2 is 2.06 bits per heavy atom. The molecule has 0 bridgehead atoms. The van der Waals surface area contributed by atoms with Gasteiger partial charge >= 0.3 is 0 Å². The molecule has 17 heavy (non-hydrogen) atoms. The minimum Gasteiger partial charge on any atom is -0.319 e. The summed E-state index contributed by atoms with van der Waals surface area (Å²) >= 11 is 3.64. The summed E-state index contributed by atoms with van der Waals surface area (Å²) in [5, 5.41) is 7.75. The molecule has 1 rings (SSSR count). The number of aryl methyl sites for hydroxylation is 2. The molecule has 0 spiro atoms. The van der Waals surface area contributed by atoms with E-state index in [9.17, 15) is 0 Å². The first-order valence-corrected chi connectivity index (χ1v) is 7.07. The zero-order valence-corrected chi connectivity index (χ0v) is 13.1. The molecule has 1 unspecified atom stereocenters. The molecule has 3 nitrogen and oxygen atoms in total. The lowest BCUT2D eigenvalue weighted by Crippen LogP contribution is -2.23. The van der Waals surface area contributed by atoms with Gasteiger partial charge in [0.1, 0.15) is 0 Å². The van der Waals surface area contributed by atoms with Crippen LogP contribution in [0.4, 0.5) is 0 Å². The largest absolute Gasteiger partial charge is 0.319 e. The number of hydrogen-bond donors (Lipinski definition) is 1. The first-order chi connectivity index (χ1) is 7.95. The minimum absolute atomic E-state index is 0.672. The van der Waals surface area contributed by atoms with Gasteiger partial charge in [0, 0.05) is 7.05 Å². The highest BCUT2D eigenvalue weighted by atomic mass is 79.9. The lowest BCUT2D eigenvalue weighted by atomic mass is 9.92. The van der Waals surface area contributed by atoms with E-state index in [1.807, 2.05) is 25.7 Å². The molecule has 1 aromatic rings. The van der Waals surface area contributed by atoms with E-state index in [0.717, 1.165) is 24.6 Å². The van der Waals surface area contributed by atoms with Crippen LogP contribution in [0, 0.1) is 18.8 Å². The van der Waals surface area contributed by atoms with Crippen LogP contribution in [-0.4, -0.2) is 23.4 Å². The second-order valence-electron chi connectivity index (χ2n) is 5.23. The van der Waals surface area contributed by atoms with E-state index >= 15 is 0 Å². The van der Waals surface area contributed by atoms with Crippen LogP contribution in [0.2, 0.25) is 0 Å². The summed E-state index contributed by atoms with van der Waals surface area (Å²) in [5.41, 5.74) is 2.39. The lowest BCUT2D eigenvalue weighted by molar-refractivity contribution is 0.387. The molecular formula is C13H24BrN3. The van der Waals surface area contributed by atoms with Crippen LogP contribution in [0.3, 0.4) is 0 Å². The van der Waals surface area contributed by atoms with E-state index in [4.69, 9.17) is 0 Å². The summed E-state index contributed by atoms with van der Waals surface area (Å²) in [6.45, 7) is 7.68. The monoisotopic (exact) mass is 301 g/mol. The standard InChI is InChI=1S/C13H24BrN3/c1-9(2)6-11(8-15-4)7-12-13(14)10(3)16-17(12)5/h9,11,15H,6-8H2,1-5H3. The topological polar surface area (TPSA) is 29.9 Å². The Kier molecular flexibility index (Phi) is 5.67. The second-order valence-corrected chi connectivity index (χ2v) is 6.02. The normalized spacial score (nSPS) is 13.4. The summed E-state index contributed by atoms with van der Waals surface area (Å²) in [7, 11) is 4.05. The first kappa shape index (κ1) is 14.7. The van der Waals surface area contributed by atoms with Crippen molar-refractivity contribution in [3.05, 3.63) is 15.9 Å². The van der Waals surface area contributed by atoms with Crippen molar-refractivity contribution in [2.45, 2.75) is 33.6 Å².